The number of esters is 1. The van der Waals surface area contributed by atoms with Crippen LogP contribution in [0.4, 0.5) is 5.69 Å². The van der Waals surface area contributed by atoms with Gasteiger partial charge in [0.2, 0.25) is 11.8 Å². The quantitative estimate of drug-likeness (QED) is 0.313. The van der Waals surface area contributed by atoms with Crippen molar-refractivity contribution < 1.29 is 23.9 Å². The summed E-state index contributed by atoms with van der Waals surface area (Å²) in [6.45, 7) is 2.88. The van der Waals surface area contributed by atoms with Crippen molar-refractivity contribution in [1.82, 2.24) is 4.90 Å². The number of nitrogens with one attached hydrogen (secondary N) is 1. The van der Waals surface area contributed by atoms with Gasteiger partial charge in [0.15, 0.2) is 6.61 Å². The molecule has 3 aliphatic carbocycles. The molecule has 204 valence electrons. The second-order valence-electron chi connectivity index (χ2n) is 10.8. The summed E-state index contributed by atoms with van der Waals surface area (Å²) in [6, 6.07) is 19.5. The molecule has 7 nitrogen and oxygen atoms in total. The molecule has 0 unspecified atom stereocenters. The van der Waals surface area contributed by atoms with Crippen molar-refractivity contribution in [3.8, 4) is 0 Å². The molecule has 0 spiro atoms. The number of carbonyl (C=O) groups excluding carboxylic acids is 4. The summed E-state index contributed by atoms with van der Waals surface area (Å²) < 4.78 is 5.35. The van der Waals surface area contributed by atoms with E-state index in [1.165, 1.54) is 0 Å². The average molecular weight is 577 g/mol. The van der Waals surface area contributed by atoms with Crippen molar-refractivity contribution in [3.63, 3.8) is 0 Å². The molecule has 4 aliphatic rings. The number of likely N-dealkylation sites (tertiary alicyclic amines) is 1. The van der Waals surface area contributed by atoms with E-state index in [2.05, 4.69) is 5.32 Å². The van der Waals surface area contributed by atoms with Crippen molar-refractivity contribution in [2.24, 2.45) is 17.8 Å². The molecule has 0 saturated carbocycles. The summed E-state index contributed by atoms with van der Waals surface area (Å²) in [4.78, 5) is 55.1. The van der Waals surface area contributed by atoms with Crippen molar-refractivity contribution in [2.45, 2.75) is 31.7 Å². The highest BCUT2D eigenvalue weighted by Gasteiger charge is 2.63. The molecule has 40 heavy (non-hydrogen) atoms. The number of carbonyl (C=O) groups is 4. The van der Waals surface area contributed by atoms with E-state index in [1.807, 2.05) is 48.5 Å². The summed E-state index contributed by atoms with van der Waals surface area (Å²) in [5, 5.41) is 2.99. The van der Waals surface area contributed by atoms with Crippen molar-refractivity contribution in [2.75, 3.05) is 11.9 Å². The van der Waals surface area contributed by atoms with Crippen LogP contribution >= 0.6 is 23.2 Å². The van der Waals surface area contributed by atoms with Gasteiger partial charge in [-0.2, -0.15) is 0 Å². The Morgan fingerprint density at radius 3 is 1.80 bits per heavy atom. The molecule has 3 aromatic carbocycles. The third-order valence-corrected chi connectivity index (χ3v) is 9.02. The van der Waals surface area contributed by atoms with Crippen LogP contribution < -0.4 is 5.32 Å². The van der Waals surface area contributed by atoms with Gasteiger partial charge >= 0.3 is 5.97 Å². The molecule has 1 heterocycles. The minimum Gasteiger partial charge on any atom is -0.454 e. The predicted octanol–water partition coefficient (Wildman–Crippen LogP) is 5.39. The molecule has 0 radical (unpaired) electrons. The number of hydrogen-bond acceptors (Lipinski definition) is 5. The number of benzene rings is 3. The predicted molar refractivity (Wildman–Crippen MR) is 150 cm³/mol. The number of anilines is 1. The first-order valence-corrected chi connectivity index (χ1v) is 13.9. The van der Waals surface area contributed by atoms with Gasteiger partial charge in [0.05, 0.1) is 27.6 Å². The summed E-state index contributed by atoms with van der Waals surface area (Å²) in [5.41, 5.74) is 4.48. The average Bonchev–Trinajstić information content (AvgIpc) is 3.20. The highest BCUT2D eigenvalue weighted by atomic mass is 35.5. The Kier molecular flexibility index (Phi) is 6.67. The van der Waals surface area contributed by atoms with E-state index < -0.39 is 42.3 Å². The molecular formula is C31H26Cl2N2O5. The molecule has 9 heteroatoms. The van der Waals surface area contributed by atoms with E-state index in [1.54, 1.807) is 32.0 Å². The lowest BCUT2D eigenvalue weighted by Gasteiger charge is -2.45. The Morgan fingerprint density at radius 1 is 0.825 bits per heavy atom. The maximum absolute atomic E-state index is 14.0. The van der Waals surface area contributed by atoms with Gasteiger partial charge in [0.1, 0.15) is 6.04 Å². The molecule has 7 rings (SSSR count). The number of rotatable bonds is 6. The van der Waals surface area contributed by atoms with Crippen molar-refractivity contribution >= 4 is 52.6 Å². The number of amides is 3. The van der Waals surface area contributed by atoms with Crippen LogP contribution in [0.1, 0.15) is 47.9 Å². The highest BCUT2D eigenvalue weighted by molar-refractivity contribution is 6.44. The van der Waals surface area contributed by atoms with Crippen LogP contribution in [0.2, 0.25) is 10.0 Å². The van der Waals surface area contributed by atoms with Crippen LogP contribution in [0.3, 0.4) is 0 Å². The fraction of sp³-hybridized carbons (Fsp3) is 0.290. The minimum absolute atomic E-state index is 0.163. The molecule has 1 saturated heterocycles. The fourth-order valence-electron chi connectivity index (χ4n) is 6.66. The Bertz CT molecular complexity index is 1460. The van der Waals surface area contributed by atoms with Gasteiger partial charge in [-0.15, -0.1) is 0 Å². The first kappa shape index (κ1) is 26.5. The molecule has 3 amide bonds. The van der Waals surface area contributed by atoms with Crippen LogP contribution in [0, 0.1) is 17.8 Å². The van der Waals surface area contributed by atoms with E-state index >= 15 is 0 Å². The maximum Gasteiger partial charge on any atom is 0.330 e. The monoisotopic (exact) mass is 576 g/mol. The summed E-state index contributed by atoms with van der Waals surface area (Å²) in [6.07, 6.45) is 0. The van der Waals surface area contributed by atoms with Gasteiger partial charge in [-0.05, 0) is 40.3 Å². The summed E-state index contributed by atoms with van der Waals surface area (Å²) >= 11 is 12.1. The van der Waals surface area contributed by atoms with Crippen molar-refractivity contribution in [1.29, 1.82) is 0 Å². The third kappa shape index (κ3) is 4.02. The maximum atomic E-state index is 14.0. The highest BCUT2D eigenvalue weighted by Crippen LogP contribution is 2.61. The zero-order valence-corrected chi connectivity index (χ0v) is 23.3. The van der Waals surface area contributed by atoms with Gasteiger partial charge in [-0.25, -0.2) is 4.79 Å². The second kappa shape index (κ2) is 10.1. The largest absolute Gasteiger partial charge is 0.454 e. The zero-order valence-electron chi connectivity index (χ0n) is 21.8. The molecule has 1 fully saturated rings. The molecule has 3 atom stereocenters. The van der Waals surface area contributed by atoms with Gasteiger partial charge in [-0.3, -0.25) is 19.3 Å². The Balaban J connectivity index is 1.26. The molecule has 0 aromatic heterocycles. The van der Waals surface area contributed by atoms with Crippen LogP contribution in [0.5, 0.6) is 0 Å². The lowest BCUT2D eigenvalue weighted by molar-refractivity contribution is -0.162. The lowest BCUT2D eigenvalue weighted by Crippen LogP contribution is -2.49. The van der Waals surface area contributed by atoms with Crippen LogP contribution in [0.15, 0.2) is 66.7 Å². The first-order valence-electron chi connectivity index (χ1n) is 13.2. The van der Waals surface area contributed by atoms with E-state index in [9.17, 15) is 19.2 Å². The summed E-state index contributed by atoms with van der Waals surface area (Å²) in [7, 11) is 0. The van der Waals surface area contributed by atoms with Crippen LogP contribution in [-0.2, 0) is 23.9 Å². The molecule has 1 aliphatic heterocycles. The standard InChI is InChI=1S/C31H26Cl2N2O5/c1-15(2)28(31(39)40-14-22(36)34-21-13-7-12-20(32)27(21)33)35-29(37)25-23-16-8-3-4-9-17(16)24(26(25)30(35)38)19-11-6-5-10-18(19)23/h3-13,15,23-26,28H,14H2,1-2H3,(H,34,36)/t23?,24?,25-,26+,28-/m0/s1. The smallest absolute Gasteiger partial charge is 0.330 e. The first-order chi connectivity index (χ1) is 19.2. The molecule has 2 bridgehead atoms. The Labute approximate surface area is 241 Å². The van der Waals surface area contributed by atoms with E-state index in [0.29, 0.717) is 0 Å². The van der Waals surface area contributed by atoms with Crippen LogP contribution in [-0.4, -0.2) is 41.2 Å². The van der Waals surface area contributed by atoms with Gasteiger partial charge in [0, 0.05) is 11.8 Å². The topological polar surface area (TPSA) is 92.8 Å². The van der Waals surface area contributed by atoms with Gasteiger partial charge in [-0.1, -0.05) is 91.6 Å². The number of ether oxygens (including phenoxy) is 1. The number of halogens is 2. The van der Waals surface area contributed by atoms with Crippen LogP contribution in [0.25, 0.3) is 0 Å². The fourth-order valence-corrected chi connectivity index (χ4v) is 7.01. The SMILES string of the molecule is CC(C)[C@@H](C(=O)OCC(=O)Nc1cccc(Cl)c1Cl)N1C(=O)[C@@H]2C3c4ccccc4C(c4ccccc43)[C@@H]2C1=O. The van der Waals surface area contributed by atoms with Gasteiger partial charge < -0.3 is 10.1 Å². The van der Waals surface area contributed by atoms with Crippen molar-refractivity contribution in [3.05, 3.63) is 99.0 Å². The molecule has 3 aromatic rings. The Morgan fingerprint density at radius 2 is 1.32 bits per heavy atom. The number of nitrogens with zero attached hydrogens (tertiary/aromatic N) is 1. The molecule has 1 N–H and O–H groups in total. The zero-order chi connectivity index (χ0) is 28.3. The lowest BCUT2D eigenvalue weighted by atomic mass is 9.55. The Hall–Kier alpha value is -3.68. The third-order valence-electron chi connectivity index (χ3n) is 8.20. The normalized spacial score (nSPS) is 23.0. The molecular weight excluding hydrogens is 551 g/mol. The number of hydrogen-bond donors (Lipinski definition) is 1. The summed E-state index contributed by atoms with van der Waals surface area (Å²) in [5.74, 6) is -4.40. The van der Waals surface area contributed by atoms with E-state index in [-0.39, 0.29) is 39.4 Å². The number of imide groups is 1. The van der Waals surface area contributed by atoms with Gasteiger partial charge in [0.25, 0.3) is 5.91 Å². The minimum atomic E-state index is -1.17. The van der Waals surface area contributed by atoms with E-state index in [4.69, 9.17) is 27.9 Å². The second-order valence-corrected chi connectivity index (χ2v) is 11.5. The van der Waals surface area contributed by atoms with E-state index in [0.717, 1.165) is 27.2 Å².